The maximum Gasteiger partial charge on any atom is 0.416 e. The van der Waals surface area contributed by atoms with Crippen LogP contribution in [-0.4, -0.2) is 10.9 Å². The lowest BCUT2D eigenvalue weighted by atomic mass is 10.0. The molecule has 0 aliphatic rings. The number of pyridine rings is 1. The summed E-state index contributed by atoms with van der Waals surface area (Å²) in [7, 11) is 0. The first-order valence-electron chi connectivity index (χ1n) is 6.72. The lowest BCUT2D eigenvalue weighted by molar-refractivity contribution is -0.137. The van der Waals surface area contributed by atoms with Gasteiger partial charge in [-0.25, -0.2) is 4.98 Å². The Morgan fingerprint density at radius 1 is 1.14 bits per heavy atom. The van der Waals surface area contributed by atoms with Gasteiger partial charge in [0.1, 0.15) is 5.82 Å². The molecule has 3 nitrogen and oxygen atoms in total. The lowest BCUT2D eigenvalue weighted by Crippen LogP contribution is -2.14. The van der Waals surface area contributed by atoms with E-state index in [-0.39, 0.29) is 5.82 Å². The molecule has 1 aromatic carbocycles. The molecule has 0 atom stereocenters. The summed E-state index contributed by atoms with van der Waals surface area (Å²) in [5.74, 6) is -0.294. The van der Waals surface area contributed by atoms with Crippen LogP contribution in [0.3, 0.4) is 0 Å². The van der Waals surface area contributed by atoms with Crippen molar-refractivity contribution < 1.29 is 18.0 Å². The summed E-state index contributed by atoms with van der Waals surface area (Å²) in [4.78, 5) is 15.8. The molecule has 0 spiro atoms. The maximum atomic E-state index is 12.6. The number of amides is 1. The molecule has 0 saturated carbocycles. The smallest absolute Gasteiger partial charge is 0.307 e. The zero-order valence-corrected chi connectivity index (χ0v) is 12.1. The summed E-state index contributed by atoms with van der Waals surface area (Å²) in [6, 6.07) is 8.57. The fourth-order valence-corrected chi connectivity index (χ4v) is 1.88. The van der Waals surface area contributed by atoms with Crippen LogP contribution in [-0.2, 0) is 6.18 Å². The number of alkyl halides is 3. The van der Waals surface area contributed by atoms with Crippen LogP contribution in [0.4, 0.5) is 19.0 Å². The van der Waals surface area contributed by atoms with Gasteiger partial charge >= 0.3 is 6.18 Å². The van der Waals surface area contributed by atoms with Crippen molar-refractivity contribution in [2.24, 2.45) is 0 Å². The minimum absolute atomic E-state index is 0.132. The number of carbonyl (C=O) groups excluding carboxylic acids is 1. The van der Waals surface area contributed by atoms with E-state index in [1.807, 2.05) is 26.0 Å². The third kappa shape index (κ3) is 3.84. The second kappa shape index (κ2) is 6.17. The molecule has 1 amide bonds. The van der Waals surface area contributed by atoms with Crippen molar-refractivity contribution in [1.82, 2.24) is 4.98 Å². The highest BCUT2D eigenvalue weighted by atomic mass is 19.4. The van der Waals surface area contributed by atoms with E-state index in [0.29, 0.717) is 11.5 Å². The standard InChI is InChI=1S/C16H15F3N2O/c1-10(2)11-3-5-12(6-4-11)15(22)21-14-9-13(7-8-20-14)16(17,18)19/h3-10H,1-2H3,(H,20,21,22). The summed E-state index contributed by atoms with van der Waals surface area (Å²) in [6.07, 6.45) is -3.46. The molecule has 0 radical (unpaired) electrons. The Bertz CT molecular complexity index is 664. The van der Waals surface area contributed by atoms with E-state index in [4.69, 9.17) is 0 Å². The van der Waals surface area contributed by atoms with Crippen molar-refractivity contribution >= 4 is 11.7 Å². The molecular formula is C16H15F3N2O. The molecule has 0 fully saturated rings. The number of aromatic nitrogens is 1. The Balaban J connectivity index is 2.15. The number of hydrogen-bond donors (Lipinski definition) is 1. The van der Waals surface area contributed by atoms with Crippen LogP contribution >= 0.6 is 0 Å². The van der Waals surface area contributed by atoms with Crippen molar-refractivity contribution in [3.8, 4) is 0 Å². The predicted octanol–water partition coefficient (Wildman–Crippen LogP) is 4.48. The van der Waals surface area contributed by atoms with Gasteiger partial charge in [0.15, 0.2) is 0 Å². The van der Waals surface area contributed by atoms with Crippen LogP contribution < -0.4 is 5.32 Å². The van der Waals surface area contributed by atoms with E-state index in [2.05, 4.69) is 10.3 Å². The summed E-state index contributed by atoms with van der Waals surface area (Å²) < 4.78 is 37.8. The van der Waals surface area contributed by atoms with Gasteiger partial charge in [0, 0.05) is 11.8 Å². The number of anilines is 1. The molecule has 116 valence electrons. The average molecular weight is 308 g/mol. The maximum absolute atomic E-state index is 12.6. The largest absolute Gasteiger partial charge is 0.416 e. The molecule has 0 saturated heterocycles. The minimum Gasteiger partial charge on any atom is -0.307 e. The highest BCUT2D eigenvalue weighted by molar-refractivity contribution is 6.03. The molecule has 1 heterocycles. The molecule has 6 heteroatoms. The van der Waals surface area contributed by atoms with Gasteiger partial charge in [0.2, 0.25) is 0 Å². The van der Waals surface area contributed by atoms with E-state index in [9.17, 15) is 18.0 Å². The first-order chi connectivity index (χ1) is 10.3. The van der Waals surface area contributed by atoms with Crippen molar-refractivity contribution in [3.63, 3.8) is 0 Å². The normalized spacial score (nSPS) is 11.5. The number of nitrogens with zero attached hydrogens (tertiary/aromatic N) is 1. The minimum atomic E-state index is -4.47. The quantitative estimate of drug-likeness (QED) is 0.908. The molecular weight excluding hydrogens is 293 g/mol. The Morgan fingerprint density at radius 3 is 2.32 bits per heavy atom. The number of rotatable bonds is 3. The van der Waals surface area contributed by atoms with Crippen LogP contribution in [0.15, 0.2) is 42.6 Å². The van der Waals surface area contributed by atoms with Gasteiger partial charge in [-0.15, -0.1) is 0 Å². The van der Waals surface area contributed by atoms with E-state index in [1.54, 1.807) is 12.1 Å². The van der Waals surface area contributed by atoms with Crippen molar-refractivity contribution in [3.05, 3.63) is 59.3 Å². The third-order valence-corrected chi connectivity index (χ3v) is 3.17. The fraction of sp³-hybridized carbons (Fsp3) is 0.250. The van der Waals surface area contributed by atoms with Crippen LogP contribution in [0.2, 0.25) is 0 Å². The van der Waals surface area contributed by atoms with E-state index in [1.165, 1.54) is 0 Å². The molecule has 1 aromatic heterocycles. The second-order valence-electron chi connectivity index (χ2n) is 5.16. The van der Waals surface area contributed by atoms with Crippen LogP contribution in [0.25, 0.3) is 0 Å². The lowest BCUT2D eigenvalue weighted by Gasteiger charge is -2.10. The predicted molar refractivity (Wildman–Crippen MR) is 77.7 cm³/mol. The molecule has 0 aliphatic heterocycles. The number of nitrogens with one attached hydrogen (secondary N) is 1. The molecule has 2 rings (SSSR count). The highest BCUT2D eigenvalue weighted by Crippen LogP contribution is 2.30. The van der Waals surface area contributed by atoms with Crippen molar-refractivity contribution in [2.75, 3.05) is 5.32 Å². The molecule has 2 aromatic rings. The Hall–Kier alpha value is -2.37. The number of carbonyl (C=O) groups is 1. The summed E-state index contributed by atoms with van der Waals surface area (Å²) >= 11 is 0. The summed E-state index contributed by atoms with van der Waals surface area (Å²) in [5, 5.41) is 2.37. The number of halogens is 3. The number of hydrogen-bond acceptors (Lipinski definition) is 2. The van der Waals surface area contributed by atoms with Crippen molar-refractivity contribution in [2.45, 2.75) is 25.9 Å². The van der Waals surface area contributed by atoms with Gasteiger partial charge < -0.3 is 5.32 Å². The monoisotopic (exact) mass is 308 g/mol. The zero-order valence-electron chi connectivity index (χ0n) is 12.1. The zero-order chi connectivity index (χ0) is 16.3. The van der Waals surface area contributed by atoms with Gasteiger partial charge in [-0.2, -0.15) is 13.2 Å². The van der Waals surface area contributed by atoms with E-state index < -0.39 is 17.6 Å². The molecule has 0 unspecified atom stereocenters. The van der Waals surface area contributed by atoms with Gasteiger partial charge in [-0.1, -0.05) is 26.0 Å². The molecule has 0 aliphatic carbocycles. The van der Waals surface area contributed by atoms with Gasteiger partial charge in [0.25, 0.3) is 5.91 Å². The van der Waals surface area contributed by atoms with Gasteiger partial charge in [0.05, 0.1) is 5.56 Å². The fourth-order valence-electron chi connectivity index (χ4n) is 1.88. The van der Waals surface area contributed by atoms with Gasteiger partial charge in [-0.05, 0) is 35.7 Å². The Kier molecular flexibility index (Phi) is 4.49. The Labute approximate surface area is 126 Å². The second-order valence-corrected chi connectivity index (χ2v) is 5.16. The first-order valence-corrected chi connectivity index (χ1v) is 6.72. The van der Waals surface area contributed by atoms with E-state index >= 15 is 0 Å². The first kappa shape index (κ1) is 16.0. The molecule has 1 N–H and O–H groups in total. The SMILES string of the molecule is CC(C)c1ccc(C(=O)Nc2cc(C(F)(F)F)ccn2)cc1. The molecule has 0 bridgehead atoms. The highest BCUT2D eigenvalue weighted by Gasteiger charge is 2.30. The van der Waals surface area contributed by atoms with Crippen LogP contribution in [0, 0.1) is 0 Å². The van der Waals surface area contributed by atoms with E-state index in [0.717, 1.165) is 23.9 Å². The summed E-state index contributed by atoms with van der Waals surface area (Å²) in [5.41, 5.74) is 0.588. The van der Waals surface area contributed by atoms with Crippen LogP contribution in [0.1, 0.15) is 41.3 Å². The topological polar surface area (TPSA) is 42.0 Å². The number of benzene rings is 1. The van der Waals surface area contributed by atoms with Crippen molar-refractivity contribution in [1.29, 1.82) is 0 Å². The average Bonchev–Trinajstić information content (AvgIpc) is 2.46. The van der Waals surface area contributed by atoms with Crippen LogP contribution in [0.5, 0.6) is 0 Å². The van der Waals surface area contributed by atoms with Gasteiger partial charge in [-0.3, -0.25) is 4.79 Å². The third-order valence-electron chi connectivity index (χ3n) is 3.17. The Morgan fingerprint density at radius 2 is 1.77 bits per heavy atom. The summed E-state index contributed by atoms with van der Waals surface area (Å²) in [6.45, 7) is 4.06. The molecule has 22 heavy (non-hydrogen) atoms.